The van der Waals surface area contributed by atoms with Gasteiger partial charge in [-0.05, 0) is 32.0 Å². The lowest BCUT2D eigenvalue weighted by Gasteiger charge is -2.26. The number of benzene rings is 2. The number of morpholine rings is 1. The van der Waals surface area contributed by atoms with Gasteiger partial charge in [0, 0.05) is 5.56 Å². The van der Waals surface area contributed by atoms with Crippen molar-refractivity contribution in [2.75, 3.05) is 32.9 Å². The van der Waals surface area contributed by atoms with Crippen molar-refractivity contribution in [3.63, 3.8) is 0 Å². The third-order valence-corrected chi connectivity index (χ3v) is 5.23. The Bertz CT molecular complexity index is 1100. The smallest absolute Gasteiger partial charge is 0.235 e. The van der Waals surface area contributed by atoms with Gasteiger partial charge in [-0.3, -0.25) is 4.79 Å². The summed E-state index contributed by atoms with van der Waals surface area (Å²) in [6.45, 7) is 7.47. The van der Waals surface area contributed by atoms with Crippen molar-refractivity contribution in [2.24, 2.45) is 0 Å². The molecule has 0 radical (unpaired) electrons. The maximum absolute atomic E-state index is 13.2. The zero-order valence-electron chi connectivity index (χ0n) is 17.2. The van der Waals surface area contributed by atoms with E-state index in [1.165, 1.54) is 17.0 Å². The van der Waals surface area contributed by atoms with Gasteiger partial charge in [0.05, 0.1) is 25.2 Å². The van der Waals surface area contributed by atoms with Crippen LogP contribution in [0.1, 0.15) is 18.2 Å². The lowest BCUT2D eigenvalue weighted by atomic mass is 10.1. The second-order valence-electron chi connectivity index (χ2n) is 7.26. The van der Waals surface area contributed by atoms with Crippen LogP contribution in [-0.2, 0) is 11.3 Å². The van der Waals surface area contributed by atoms with Gasteiger partial charge in [0.1, 0.15) is 31.0 Å². The molecule has 0 bridgehead atoms. The SMILES string of the molecule is CCOc1ccccc1Oc1c(C)oc2c(C[NH+]3CCOCC3)c([O-])ccc2c1=O. The molecule has 0 amide bonds. The summed E-state index contributed by atoms with van der Waals surface area (Å²) in [6.07, 6.45) is 0. The highest BCUT2D eigenvalue weighted by Crippen LogP contribution is 2.33. The number of fused-ring (bicyclic) bond motifs is 1. The minimum absolute atomic E-state index is 0.0953. The molecule has 7 nitrogen and oxygen atoms in total. The van der Waals surface area contributed by atoms with Gasteiger partial charge in [0.15, 0.2) is 11.5 Å². The van der Waals surface area contributed by atoms with Crippen molar-refractivity contribution < 1.29 is 28.6 Å². The highest BCUT2D eigenvalue weighted by atomic mass is 16.5. The van der Waals surface area contributed by atoms with Crippen LogP contribution in [-0.4, -0.2) is 32.9 Å². The topological polar surface area (TPSA) is 85.4 Å². The molecule has 0 aliphatic carbocycles. The quantitative estimate of drug-likeness (QED) is 0.666. The third-order valence-electron chi connectivity index (χ3n) is 5.23. The summed E-state index contributed by atoms with van der Waals surface area (Å²) in [4.78, 5) is 14.5. The molecule has 2 heterocycles. The minimum Gasteiger partial charge on any atom is -0.872 e. The molecule has 3 aromatic rings. The highest BCUT2D eigenvalue weighted by molar-refractivity contribution is 5.83. The fraction of sp³-hybridized carbons (Fsp3) is 0.348. The summed E-state index contributed by atoms with van der Waals surface area (Å²) in [6, 6.07) is 10.1. The lowest BCUT2D eigenvalue weighted by molar-refractivity contribution is -0.921. The monoisotopic (exact) mass is 411 g/mol. The predicted molar refractivity (Wildman–Crippen MR) is 110 cm³/mol. The molecule has 0 atom stereocenters. The first kappa shape index (κ1) is 20.3. The third kappa shape index (κ3) is 3.99. The van der Waals surface area contributed by atoms with E-state index < -0.39 is 0 Å². The van der Waals surface area contributed by atoms with Gasteiger partial charge >= 0.3 is 0 Å². The van der Waals surface area contributed by atoms with E-state index in [1.54, 1.807) is 19.1 Å². The Labute approximate surface area is 174 Å². The van der Waals surface area contributed by atoms with Gasteiger partial charge in [0.2, 0.25) is 11.2 Å². The maximum atomic E-state index is 13.2. The standard InChI is InChI=1S/C23H25NO6/c1-3-28-19-6-4-5-7-20(19)30-22-15(2)29-23-16(21(22)26)8-9-18(25)17(23)14-24-10-12-27-13-11-24/h4-9,25H,3,10-14H2,1-2H3. The predicted octanol–water partition coefficient (Wildman–Crippen LogP) is 1.78. The van der Waals surface area contributed by atoms with Crippen LogP contribution in [0.4, 0.5) is 0 Å². The Morgan fingerprint density at radius 2 is 1.83 bits per heavy atom. The van der Waals surface area contributed by atoms with E-state index in [9.17, 15) is 9.90 Å². The molecule has 1 saturated heterocycles. The molecule has 1 N–H and O–H groups in total. The van der Waals surface area contributed by atoms with Crippen LogP contribution in [0, 0.1) is 6.92 Å². The van der Waals surface area contributed by atoms with Crippen molar-refractivity contribution in [3.05, 3.63) is 57.9 Å². The van der Waals surface area contributed by atoms with Crippen molar-refractivity contribution in [2.45, 2.75) is 20.4 Å². The van der Waals surface area contributed by atoms with Crippen LogP contribution >= 0.6 is 0 Å². The average Bonchev–Trinajstić information content (AvgIpc) is 2.75. The number of aryl methyl sites for hydroxylation is 1. The van der Waals surface area contributed by atoms with Gasteiger partial charge in [0.25, 0.3) is 0 Å². The molecule has 0 saturated carbocycles. The number of para-hydroxylation sites is 2. The normalized spacial score (nSPS) is 14.7. The Balaban J connectivity index is 1.75. The molecule has 0 unspecified atom stereocenters. The summed E-state index contributed by atoms with van der Waals surface area (Å²) in [7, 11) is 0. The van der Waals surface area contributed by atoms with Crippen LogP contribution in [0.5, 0.6) is 23.0 Å². The van der Waals surface area contributed by atoms with E-state index in [1.807, 2.05) is 19.1 Å². The molecule has 30 heavy (non-hydrogen) atoms. The number of nitrogens with one attached hydrogen (secondary N) is 1. The molecule has 158 valence electrons. The van der Waals surface area contributed by atoms with Gasteiger partial charge in [-0.2, -0.15) is 0 Å². The Hall–Kier alpha value is -3.03. The van der Waals surface area contributed by atoms with E-state index in [0.717, 1.165) is 13.1 Å². The van der Waals surface area contributed by atoms with E-state index >= 15 is 0 Å². The highest BCUT2D eigenvalue weighted by Gasteiger charge is 2.21. The van der Waals surface area contributed by atoms with Crippen LogP contribution in [0.15, 0.2) is 45.6 Å². The second kappa shape index (κ2) is 8.77. The molecule has 1 aliphatic heterocycles. The maximum Gasteiger partial charge on any atom is 0.235 e. The largest absolute Gasteiger partial charge is 0.872 e. The van der Waals surface area contributed by atoms with Crippen LogP contribution in [0.2, 0.25) is 0 Å². The molecular formula is C23H25NO6. The molecule has 1 fully saturated rings. The lowest BCUT2D eigenvalue weighted by Crippen LogP contribution is -3.12. The summed E-state index contributed by atoms with van der Waals surface area (Å²) in [5.41, 5.74) is 0.554. The van der Waals surface area contributed by atoms with Crippen LogP contribution < -0.4 is 24.9 Å². The van der Waals surface area contributed by atoms with Gasteiger partial charge < -0.3 is 28.6 Å². The fourth-order valence-corrected chi connectivity index (χ4v) is 3.68. The number of rotatable bonds is 6. The first-order valence-corrected chi connectivity index (χ1v) is 10.2. The summed E-state index contributed by atoms with van der Waals surface area (Å²) >= 11 is 0. The molecule has 7 heteroatoms. The fourth-order valence-electron chi connectivity index (χ4n) is 3.68. The Morgan fingerprint density at radius 1 is 1.10 bits per heavy atom. The van der Waals surface area contributed by atoms with Crippen molar-refractivity contribution in [1.82, 2.24) is 0 Å². The van der Waals surface area contributed by atoms with Crippen molar-refractivity contribution in [1.29, 1.82) is 0 Å². The molecule has 0 spiro atoms. The minimum atomic E-state index is -0.307. The molecular weight excluding hydrogens is 386 g/mol. The summed E-state index contributed by atoms with van der Waals surface area (Å²) < 4.78 is 22.9. The first-order chi connectivity index (χ1) is 14.6. The van der Waals surface area contributed by atoms with E-state index in [0.29, 0.717) is 60.2 Å². The molecule has 4 rings (SSSR count). The van der Waals surface area contributed by atoms with Gasteiger partial charge in [-0.25, -0.2) is 0 Å². The summed E-state index contributed by atoms with van der Waals surface area (Å²) in [5.74, 6) is 1.28. The molecule has 1 aliphatic rings. The van der Waals surface area contributed by atoms with E-state index in [-0.39, 0.29) is 16.9 Å². The van der Waals surface area contributed by atoms with Crippen molar-refractivity contribution >= 4 is 11.0 Å². The Kier molecular flexibility index (Phi) is 5.92. The molecule has 2 aromatic carbocycles. The second-order valence-corrected chi connectivity index (χ2v) is 7.26. The van der Waals surface area contributed by atoms with E-state index in [4.69, 9.17) is 18.6 Å². The van der Waals surface area contributed by atoms with Gasteiger partial charge in [-0.1, -0.05) is 23.9 Å². The number of hydrogen-bond donors (Lipinski definition) is 1. The number of quaternary nitrogens is 1. The van der Waals surface area contributed by atoms with Crippen LogP contribution in [0.25, 0.3) is 11.0 Å². The molecule has 1 aromatic heterocycles. The van der Waals surface area contributed by atoms with Gasteiger partial charge in [-0.15, -0.1) is 0 Å². The first-order valence-electron chi connectivity index (χ1n) is 10.2. The zero-order chi connectivity index (χ0) is 21.1. The average molecular weight is 411 g/mol. The zero-order valence-corrected chi connectivity index (χ0v) is 17.2. The number of ether oxygens (including phenoxy) is 3. The van der Waals surface area contributed by atoms with E-state index in [2.05, 4.69) is 0 Å². The summed E-state index contributed by atoms with van der Waals surface area (Å²) in [5, 5.41) is 12.9. The van der Waals surface area contributed by atoms with Crippen LogP contribution in [0.3, 0.4) is 0 Å². The van der Waals surface area contributed by atoms with Crippen molar-refractivity contribution in [3.8, 4) is 23.0 Å². The Morgan fingerprint density at radius 3 is 2.57 bits per heavy atom. The number of hydrogen-bond acceptors (Lipinski definition) is 6.